The third-order valence-electron chi connectivity index (χ3n) is 5.23. The van der Waals surface area contributed by atoms with Gasteiger partial charge in [-0.3, -0.25) is 9.59 Å². The molecule has 0 aliphatic carbocycles. The van der Waals surface area contributed by atoms with E-state index in [1.54, 1.807) is 37.8 Å². The van der Waals surface area contributed by atoms with Crippen molar-refractivity contribution in [2.45, 2.75) is 29.5 Å². The molecule has 0 saturated carbocycles. The van der Waals surface area contributed by atoms with E-state index < -0.39 is 21.8 Å². The minimum atomic E-state index is -3.59. The molecular weight excluding hydrogens is 454 g/mol. The number of thiophene rings is 1. The van der Waals surface area contributed by atoms with Crippen LogP contribution in [0.5, 0.6) is 11.5 Å². The Balaban J connectivity index is 1.47. The van der Waals surface area contributed by atoms with E-state index in [1.807, 2.05) is 12.1 Å². The standard InChI is InChI=1S/C21H27N3O6S2/c1-29-17-8-7-15(13-18(17)30-2)9-10-22-20(25)21(26)23-14-16-5-3-11-24(16)32(27,28)19-6-4-12-31-19/h4,6-8,12-13,16H,3,5,9-11,14H2,1-2H3,(H,22,25)(H,23,26)/t16-/m0/s1. The highest BCUT2D eigenvalue weighted by atomic mass is 32.2. The van der Waals surface area contributed by atoms with E-state index in [2.05, 4.69) is 10.6 Å². The van der Waals surface area contributed by atoms with Gasteiger partial charge in [-0.1, -0.05) is 12.1 Å². The Morgan fingerprint density at radius 3 is 2.56 bits per heavy atom. The molecule has 1 aromatic carbocycles. The number of ether oxygens (including phenoxy) is 2. The SMILES string of the molecule is COc1ccc(CCNC(=O)C(=O)NC[C@@H]2CCCN2S(=O)(=O)c2cccs2)cc1OC. The molecule has 9 nitrogen and oxygen atoms in total. The van der Waals surface area contributed by atoms with Gasteiger partial charge in [0.2, 0.25) is 0 Å². The van der Waals surface area contributed by atoms with Crippen molar-refractivity contribution in [1.29, 1.82) is 0 Å². The van der Waals surface area contributed by atoms with Gasteiger partial charge in [0.05, 0.1) is 14.2 Å². The van der Waals surface area contributed by atoms with Gasteiger partial charge in [0, 0.05) is 25.7 Å². The number of carbonyl (C=O) groups is 2. The number of benzene rings is 1. The van der Waals surface area contributed by atoms with Crippen LogP contribution in [0.4, 0.5) is 0 Å². The van der Waals surface area contributed by atoms with Gasteiger partial charge in [0.15, 0.2) is 11.5 Å². The fourth-order valence-corrected chi connectivity index (χ4v) is 6.40. The number of nitrogens with zero attached hydrogens (tertiary/aromatic N) is 1. The van der Waals surface area contributed by atoms with Gasteiger partial charge < -0.3 is 20.1 Å². The lowest BCUT2D eigenvalue weighted by molar-refractivity contribution is -0.139. The van der Waals surface area contributed by atoms with E-state index in [1.165, 1.54) is 4.31 Å². The van der Waals surface area contributed by atoms with E-state index in [4.69, 9.17) is 9.47 Å². The first kappa shape index (κ1) is 24.0. The fourth-order valence-electron chi connectivity index (χ4n) is 3.58. The van der Waals surface area contributed by atoms with E-state index in [-0.39, 0.29) is 23.3 Å². The second-order valence-corrected chi connectivity index (χ2v) is 10.3. The Hall–Kier alpha value is -2.63. The Bertz CT molecular complexity index is 1040. The molecule has 32 heavy (non-hydrogen) atoms. The van der Waals surface area contributed by atoms with Crippen LogP contribution < -0.4 is 20.1 Å². The lowest BCUT2D eigenvalue weighted by atomic mass is 10.1. The van der Waals surface area contributed by atoms with Gasteiger partial charge in [-0.25, -0.2) is 8.42 Å². The number of carbonyl (C=O) groups excluding carboxylic acids is 2. The Labute approximate surface area is 191 Å². The number of hydrogen-bond acceptors (Lipinski definition) is 7. The number of amides is 2. The molecule has 0 radical (unpaired) electrons. The summed E-state index contributed by atoms with van der Waals surface area (Å²) in [5.74, 6) is -0.330. The molecule has 1 atom stereocenters. The van der Waals surface area contributed by atoms with Crippen molar-refractivity contribution in [2.24, 2.45) is 0 Å². The van der Waals surface area contributed by atoms with Gasteiger partial charge in [0.25, 0.3) is 10.0 Å². The summed E-state index contributed by atoms with van der Waals surface area (Å²) in [5.41, 5.74) is 0.920. The molecule has 0 bridgehead atoms. The van der Waals surface area contributed by atoms with Crippen LogP contribution in [0.15, 0.2) is 39.9 Å². The van der Waals surface area contributed by atoms with Crippen LogP contribution in [0, 0.1) is 0 Å². The van der Waals surface area contributed by atoms with Crippen molar-refractivity contribution in [3.8, 4) is 11.5 Å². The van der Waals surface area contributed by atoms with Crippen molar-refractivity contribution in [3.05, 3.63) is 41.3 Å². The molecule has 2 N–H and O–H groups in total. The van der Waals surface area contributed by atoms with Gasteiger partial charge in [-0.15, -0.1) is 11.3 Å². The average molecular weight is 482 g/mol. The third-order valence-corrected chi connectivity index (χ3v) is 8.56. The number of hydrogen-bond donors (Lipinski definition) is 2. The molecule has 1 fully saturated rings. The first-order valence-electron chi connectivity index (χ1n) is 10.2. The van der Waals surface area contributed by atoms with Gasteiger partial charge in [-0.05, 0) is 48.4 Å². The van der Waals surface area contributed by atoms with Gasteiger partial charge in [-0.2, -0.15) is 4.31 Å². The molecule has 1 aliphatic heterocycles. The van der Waals surface area contributed by atoms with Crippen LogP contribution in [0.25, 0.3) is 0 Å². The van der Waals surface area contributed by atoms with Crippen molar-refractivity contribution in [3.63, 3.8) is 0 Å². The second-order valence-electron chi connectivity index (χ2n) is 7.25. The first-order chi connectivity index (χ1) is 15.4. The maximum absolute atomic E-state index is 12.8. The predicted octanol–water partition coefficient (Wildman–Crippen LogP) is 1.39. The summed E-state index contributed by atoms with van der Waals surface area (Å²) in [7, 11) is -0.487. The zero-order chi connectivity index (χ0) is 23.1. The molecule has 1 aliphatic rings. The monoisotopic (exact) mass is 481 g/mol. The first-order valence-corrected chi connectivity index (χ1v) is 12.5. The minimum Gasteiger partial charge on any atom is -0.493 e. The van der Waals surface area contributed by atoms with E-state index in [0.29, 0.717) is 37.3 Å². The summed E-state index contributed by atoms with van der Waals surface area (Å²) in [5, 5.41) is 6.86. The van der Waals surface area contributed by atoms with Crippen molar-refractivity contribution < 1.29 is 27.5 Å². The summed E-state index contributed by atoms with van der Waals surface area (Å²) >= 11 is 1.16. The lowest BCUT2D eigenvalue weighted by Crippen LogP contribution is -2.47. The summed E-state index contributed by atoms with van der Waals surface area (Å²) in [6, 6.07) is 8.34. The smallest absolute Gasteiger partial charge is 0.309 e. The van der Waals surface area contributed by atoms with Crippen LogP contribution in [-0.4, -0.2) is 64.4 Å². The second kappa shape index (κ2) is 10.8. The summed E-state index contributed by atoms with van der Waals surface area (Å²) in [6.07, 6.45) is 1.85. The fraction of sp³-hybridized carbons (Fsp3) is 0.429. The summed E-state index contributed by atoms with van der Waals surface area (Å²) in [6.45, 7) is 0.759. The maximum atomic E-state index is 12.8. The highest BCUT2D eigenvalue weighted by Crippen LogP contribution is 2.28. The topological polar surface area (TPSA) is 114 Å². The summed E-state index contributed by atoms with van der Waals surface area (Å²) < 4.78 is 37.7. The predicted molar refractivity (Wildman–Crippen MR) is 121 cm³/mol. The van der Waals surface area contributed by atoms with Gasteiger partial charge >= 0.3 is 11.8 Å². The quantitative estimate of drug-likeness (QED) is 0.524. The highest BCUT2D eigenvalue weighted by molar-refractivity contribution is 7.91. The number of sulfonamides is 1. The van der Waals surface area contributed by atoms with E-state index in [9.17, 15) is 18.0 Å². The molecule has 2 amide bonds. The molecule has 1 aromatic heterocycles. The highest BCUT2D eigenvalue weighted by Gasteiger charge is 2.36. The zero-order valence-electron chi connectivity index (χ0n) is 18.0. The molecule has 0 spiro atoms. The molecule has 1 saturated heterocycles. The molecular formula is C21H27N3O6S2. The Morgan fingerprint density at radius 2 is 1.88 bits per heavy atom. The van der Waals surface area contributed by atoms with Crippen LogP contribution in [0.3, 0.4) is 0 Å². The van der Waals surface area contributed by atoms with Crippen molar-refractivity contribution in [2.75, 3.05) is 33.9 Å². The van der Waals surface area contributed by atoms with Gasteiger partial charge in [0.1, 0.15) is 4.21 Å². The van der Waals surface area contributed by atoms with E-state index >= 15 is 0 Å². The molecule has 2 aromatic rings. The van der Waals surface area contributed by atoms with Crippen LogP contribution >= 0.6 is 11.3 Å². The van der Waals surface area contributed by atoms with Crippen molar-refractivity contribution >= 4 is 33.2 Å². The average Bonchev–Trinajstić information content (AvgIpc) is 3.50. The molecule has 3 rings (SSSR count). The van der Waals surface area contributed by atoms with Crippen LogP contribution in [-0.2, 0) is 26.0 Å². The zero-order valence-corrected chi connectivity index (χ0v) is 19.6. The molecule has 2 heterocycles. The van der Waals surface area contributed by atoms with Crippen LogP contribution in [0.2, 0.25) is 0 Å². The normalized spacial score (nSPS) is 16.5. The molecule has 11 heteroatoms. The maximum Gasteiger partial charge on any atom is 0.309 e. The number of rotatable bonds is 9. The largest absolute Gasteiger partial charge is 0.493 e. The number of methoxy groups -OCH3 is 2. The van der Waals surface area contributed by atoms with Crippen molar-refractivity contribution in [1.82, 2.24) is 14.9 Å². The minimum absolute atomic E-state index is 0.0898. The summed E-state index contributed by atoms with van der Waals surface area (Å²) in [4.78, 5) is 24.3. The molecule has 0 unspecified atom stereocenters. The van der Waals surface area contributed by atoms with Crippen LogP contribution in [0.1, 0.15) is 18.4 Å². The third kappa shape index (κ3) is 5.59. The Morgan fingerprint density at radius 1 is 1.12 bits per heavy atom. The Kier molecular flexibility index (Phi) is 8.10. The number of nitrogens with one attached hydrogen (secondary N) is 2. The lowest BCUT2D eigenvalue weighted by Gasteiger charge is -2.23. The van der Waals surface area contributed by atoms with E-state index in [0.717, 1.165) is 16.9 Å². The molecule has 174 valence electrons.